The third-order valence-electron chi connectivity index (χ3n) is 4.61. The zero-order valence-corrected chi connectivity index (χ0v) is 18.7. The Labute approximate surface area is 182 Å². The molecule has 0 heterocycles. The van der Waals surface area contributed by atoms with E-state index < -0.39 is 21.1 Å². The van der Waals surface area contributed by atoms with Crippen LogP contribution in [-0.2, 0) is 14.8 Å². The van der Waals surface area contributed by atoms with Crippen LogP contribution >= 0.6 is 0 Å². The summed E-state index contributed by atoms with van der Waals surface area (Å²) in [6, 6.07) is 10.6. The minimum atomic E-state index is -3.94. The molecule has 2 aromatic rings. The van der Waals surface area contributed by atoms with Crippen LogP contribution in [0.1, 0.15) is 37.8 Å². The zero-order chi connectivity index (χ0) is 23.2. The van der Waals surface area contributed by atoms with Gasteiger partial charge in [-0.25, -0.2) is 13.1 Å². The van der Waals surface area contributed by atoms with Crippen molar-refractivity contribution in [3.63, 3.8) is 0 Å². The van der Waals surface area contributed by atoms with E-state index >= 15 is 0 Å². The van der Waals surface area contributed by atoms with E-state index in [-0.39, 0.29) is 29.6 Å². The molecule has 0 aliphatic heterocycles. The van der Waals surface area contributed by atoms with Crippen LogP contribution in [-0.4, -0.2) is 38.4 Å². The van der Waals surface area contributed by atoms with Gasteiger partial charge in [0.05, 0.1) is 9.82 Å². The van der Waals surface area contributed by atoms with E-state index in [2.05, 4.69) is 23.9 Å². The predicted octanol–water partition coefficient (Wildman–Crippen LogP) is 2.89. The molecular formula is C21H27N3O6S. The quantitative estimate of drug-likeness (QED) is 0.326. The number of hydrogen-bond donors (Lipinski definition) is 2. The largest absolute Gasteiger partial charge is 0.481 e. The molecule has 0 bridgehead atoms. The van der Waals surface area contributed by atoms with Crippen molar-refractivity contribution in [3.8, 4) is 5.75 Å². The zero-order valence-electron chi connectivity index (χ0n) is 17.9. The molecule has 1 unspecified atom stereocenters. The SMILES string of the molecule is Cc1ccc(C(C)C)cc1OC(C)C(=O)NCCNS(=O)(=O)c1cccc([N+](=O)[O-])c1. The summed E-state index contributed by atoms with van der Waals surface area (Å²) < 4.78 is 32.7. The molecular weight excluding hydrogens is 422 g/mol. The summed E-state index contributed by atoms with van der Waals surface area (Å²) in [6.07, 6.45) is -0.769. The number of hydrogen-bond acceptors (Lipinski definition) is 6. The summed E-state index contributed by atoms with van der Waals surface area (Å²) in [6.45, 7) is 7.60. The molecule has 0 saturated heterocycles. The first kappa shape index (κ1) is 24.3. The molecule has 2 aromatic carbocycles. The fourth-order valence-electron chi connectivity index (χ4n) is 2.71. The highest BCUT2D eigenvalue weighted by Crippen LogP contribution is 2.25. The van der Waals surface area contributed by atoms with E-state index in [1.807, 2.05) is 25.1 Å². The Balaban J connectivity index is 1.88. The molecule has 2 N–H and O–H groups in total. The van der Waals surface area contributed by atoms with E-state index in [0.29, 0.717) is 11.7 Å². The van der Waals surface area contributed by atoms with Gasteiger partial charge >= 0.3 is 0 Å². The van der Waals surface area contributed by atoms with Crippen molar-refractivity contribution in [2.45, 2.75) is 44.6 Å². The lowest BCUT2D eigenvalue weighted by Gasteiger charge is -2.18. The number of sulfonamides is 1. The highest BCUT2D eigenvalue weighted by molar-refractivity contribution is 7.89. The predicted molar refractivity (Wildman–Crippen MR) is 117 cm³/mol. The number of nitrogens with zero attached hydrogens (tertiary/aromatic N) is 1. The topological polar surface area (TPSA) is 128 Å². The van der Waals surface area contributed by atoms with Crippen LogP contribution in [0.5, 0.6) is 5.75 Å². The van der Waals surface area contributed by atoms with Crippen LogP contribution < -0.4 is 14.8 Å². The van der Waals surface area contributed by atoms with E-state index in [4.69, 9.17) is 4.74 Å². The molecule has 1 amide bonds. The molecule has 0 aliphatic rings. The number of rotatable bonds is 10. The van der Waals surface area contributed by atoms with E-state index in [0.717, 1.165) is 17.2 Å². The number of carbonyl (C=O) groups is 1. The number of benzene rings is 2. The van der Waals surface area contributed by atoms with Crippen LogP contribution in [0.4, 0.5) is 5.69 Å². The molecule has 0 aliphatic carbocycles. The van der Waals surface area contributed by atoms with Gasteiger partial charge in [-0.05, 0) is 43.0 Å². The van der Waals surface area contributed by atoms with Gasteiger partial charge < -0.3 is 10.1 Å². The van der Waals surface area contributed by atoms with Crippen LogP contribution in [0.15, 0.2) is 47.4 Å². The lowest BCUT2D eigenvalue weighted by molar-refractivity contribution is -0.385. The summed E-state index contributed by atoms with van der Waals surface area (Å²) in [7, 11) is -3.94. The van der Waals surface area contributed by atoms with Crippen LogP contribution in [0, 0.1) is 17.0 Å². The average molecular weight is 450 g/mol. The van der Waals surface area contributed by atoms with Crippen LogP contribution in [0.3, 0.4) is 0 Å². The Bertz CT molecular complexity index is 1050. The highest BCUT2D eigenvalue weighted by Gasteiger charge is 2.19. The number of non-ortho nitro benzene ring substituents is 1. The molecule has 0 saturated carbocycles. The van der Waals surface area contributed by atoms with Gasteiger partial charge in [0.25, 0.3) is 11.6 Å². The third-order valence-corrected chi connectivity index (χ3v) is 6.07. The first-order chi connectivity index (χ1) is 14.5. The summed E-state index contributed by atoms with van der Waals surface area (Å²) in [5.74, 6) is 0.565. The van der Waals surface area contributed by atoms with Gasteiger partial charge in [0.15, 0.2) is 6.10 Å². The van der Waals surface area contributed by atoms with Crippen molar-refractivity contribution in [1.82, 2.24) is 10.0 Å². The maximum Gasteiger partial charge on any atom is 0.270 e. The number of nitro benzene ring substituents is 1. The van der Waals surface area contributed by atoms with Gasteiger partial charge in [-0.3, -0.25) is 14.9 Å². The number of amides is 1. The normalized spacial score (nSPS) is 12.4. The number of ether oxygens (including phenoxy) is 1. The summed E-state index contributed by atoms with van der Waals surface area (Å²) >= 11 is 0. The second-order valence-electron chi connectivity index (χ2n) is 7.38. The highest BCUT2D eigenvalue weighted by atomic mass is 32.2. The molecule has 0 radical (unpaired) electrons. The maximum absolute atomic E-state index is 12.3. The fourth-order valence-corrected chi connectivity index (χ4v) is 3.78. The fraction of sp³-hybridized carbons (Fsp3) is 0.381. The number of nitrogens with one attached hydrogen (secondary N) is 2. The minimum Gasteiger partial charge on any atom is -0.481 e. The molecule has 0 fully saturated rings. The third kappa shape index (κ3) is 6.76. The van der Waals surface area contributed by atoms with Crippen molar-refractivity contribution in [1.29, 1.82) is 0 Å². The van der Waals surface area contributed by atoms with Gasteiger partial charge in [-0.1, -0.05) is 32.0 Å². The standard InChI is InChI=1S/C21H27N3O6S/c1-14(2)17-9-8-15(3)20(12-17)30-16(4)21(25)22-10-11-23-31(28,29)19-7-5-6-18(13-19)24(26)27/h5-9,12-14,16,23H,10-11H2,1-4H3,(H,22,25). The number of aryl methyl sites for hydroxylation is 1. The average Bonchev–Trinajstić information content (AvgIpc) is 2.72. The molecule has 168 valence electrons. The summed E-state index contributed by atoms with van der Waals surface area (Å²) in [5, 5.41) is 13.4. The molecule has 1 atom stereocenters. The van der Waals surface area contributed by atoms with Crippen molar-refractivity contribution in [2.24, 2.45) is 0 Å². The van der Waals surface area contributed by atoms with E-state index in [1.54, 1.807) is 6.92 Å². The Morgan fingerprint density at radius 2 is 1.84 bits per heavy atom. The Morgan fingerprint density at radius 3 is 2.48 bits per heavy atom. The maximum atomic E-state index is 12.3. The van der Waals surface area contributed by atoms with Crippen molar-refractivity contribution in [3.05, 3.63) is 63.7 Å². The first-order valence-corrected chi connectivity index (χ1v) is 11.3. The van der Waals surface area contributed by atoms with Gasteiger partial charge in [-0.2, -0.15) is 0 Å². The Morgan fingerprint density at radius 1 is 1.13 bits per heavy atom. The van der Waals surface area contributed by atoms with Gasteiger partial charge in [0, 0.05) is 25.2 Å². The number of carbonyl (C=O) groups excluding carboxylic acids is 1. The van der Waals surface area contributed by atoms with E-state index in [9.17, 15) is 23.3 Å². The molecule has 10 heteroatoms. The van der Waals surface area contributed by atoms with Crippen LogP contribution in [0.2, 0.25) is 0 Å². The Hall–Kier alpha value is -2.98. The lowest BCUT2D eigenvalue weighted by atomic mass is 10.0. The first-order valence-electron chi connectivity index (χ1n) is 9.80. The van der Waals surface area contributed by atoms with Gasteiger partial charge in [0.1, 0.15) is 5.75 Å². The second-order valence-corrected chi connectivity index (χ2v) is 9.15. The van der Waals surface area contributed by atoms with Gasteiger partial charge in [0.2, 0.25) is 10.0 Å². The molecule has 31 heavy (non-hydrogen) atoms. The summed E-state index contributed by atoms with van der Waals surface area (Å²) in [5.41, 5.74) is 1.69. The van der Waals surface area contributed by atoms with Gasteiger partial charge in [-0.15, -0.1) is 0 Å². The van der Waals surface area contributed by atoms with Crippen molar-refractivity contribution >= 4 is 21.6 Å². The smallest absolute Gasteiger partial charge is 0.270 e. The van der Waals surface area contributed by atoms with Crippen molar-refractivity contribution in [2.75, 3.05) is 13.1 Å². The minimum absolute atomic E-state index is 0.0334. The van der Waals surface area contributed by atoms with Crippen LogP contribution in [0.25, 0.3) is 0 Å². The second kappa shape index (κ2) is 10.4. The molecule has 2 rings (SSSR count). The van der Waals surface area contributed by atoms with Crippen molar-refractivity contribution < 1.29 is 22.9 Å². The van der Waals surface area contributed by atoms with E-state index in [1.165, 1.54) is 18.2 Å². The number of nitro groups is 1. The molecule has 0 aromatic heterocycles. The molecule has 9 nitrogen and oxygen atoms in total. The summed E-state index contributed by atoms with van der Waals surface area (Å²) in [4.78, 5) is 22.2. The monoisotopic (exact) mass is 449 g/mol. The lowest BCUT2D eigenvalue weighted by Crippen LogP contribution is -2.40. The Kier molecular flexibility index (Phi) is 8.12. The molecule has 0 spiro atoms.